The zero-order valence-electron chi connectivity index (χ0n) is 64.8. The van der Waals surface area contributed by atoms with E-state index < -0.39 is 97.5 Å². The van der Waals surface area contributed by atoms with Gasteiger partial charge in [-0.25, -0.2) is 9.13 Å². The highest BCUT2D eigenvalue weighted by Gasteiger charge is 2.30. The van der Waals surface area contributed by atoms with Crippen LogP contribution >= 0.6 is 15.6 Å². The van der Waals surface area contributed by atoms with Gasteiger partial charge in [-0.2, -0.15) is 0 Å². The number of rotatable bonds is 79. The van der Waals surface area contributed by atoms with Crippen LogP contribution in [0, 0.1) is 11.8 Å². The minimum atomic E-state index is -4.96. The molecule has 99 heavy (non-hydrogen) atoms. The molecule has 0 aromatic rings. The summed E-state index contributed by atoms with van der Waals surface area (Å²) in [5.41, 5.74) is 0. The Kier molecular flexibility index (Phi) is 70.3. The number of ether oxygens (including phenoxy) is 4. The van der Waals surface area contributed by atoms with E-state index in [0.29, 0.717) is 25.7 Å². The fourth-order valence-corrected chi connectivity index (χ4v) is 13.9. The Labute approximate surface area is 607 Å². The normalized spacial score (nSPS) is 14.2. The van der Waals surface area contributed by atoms with E-state index in [0.717, 1.165) is 115 Å². The molecule has 0 aliphatic heterocycles. The molecule has 0 saturated carbocycles. The van der Waals surface area contributed by atoms with Gasteiger partial charge in [0.15, 0.2) is 12.2 Å². The molecule has 0 bridgehead atoms. The molecule has 19 heteroatoms. The second-order valence-corrected chi connectivity index (χ2v) is 32.4. The summed E-state index contributed by atoms with van der Waals surface area (Å²) >= 11 is 0. The monoisotopic (exact) mass is 1450 g/mol. The van der Waals surface area contributed by atoms with Crippen molar-refractivity contribution < 1.29 is 80.2 Å². The Morgan fingerprint density at radius 2 is 0.515 bits per heavy atom. The van der Waals surface area contributed by atoms with Crippen LogP contribution in [0.3, 0.4) is 0 Å². The van der Waals surface area contributed by atoms with Gasteiger partial charge in [0.2, 0.25) is 0 Å². The molecule has 0 fully saturated rings. The maximum Gasteiger partial charge on any atom is 0.472 e. The van der Waals surface area contributed by atoms with Gasteiger partial charge in [-0.15, -0.1) is 0 Å². The SMILES string of the molecule is CCCCCCCCCCCC(=O)O[C@H](COC(=O)CCCCCCCCC)COP(=O)(O)OC[C@H](O)COP(=O)(O)OC[C@@H](COC(=O)CCCCCCCCCCCCCCCCCCCCC(C)C)OC(=O)CCCCCCCCCCCCCCCCCCCCC(C)CC. The first kappa shape index (κ1) is 97.1. The van der Waals surface area contributed by atoms with E-state index in [1.807, 2.05) is 0 Å². The Bertz CT molecular complexity index is 1910. The van der Waals surface area contributed by atoms with Crippen molar-refractivity contribution in [1.82, 2.24) is 0 Å². The smallest absolute Gasteiger partial charge is 0.462 e. The Balaban J connectivity index is 5.11. The summed E-state index contributed by atoms with van der Waals surface area (Å²) in [6.45, 7) is 9.66. The van der Waals surface area contributed by atoms with E-state index in [4.69, 9.17) is 37.0 Å². The van der Waals surface area contributed by atoms with Gasteiger partial charge in [0, 0.05) is 25.7 Å². The predicted molar refractivity (Wildman–Crippen MR) is 405 cm³/mol. The van der Waals surface area contributed by atoms with Gasteiger partial charge in [0.25, 0.3) is 0 Å². The van der Waals surface area contributed by atoms with E-state index in [-0.39, 0.29) is 25.7 Å². The van der Waals surface area contributed by atoms with Crippen molar-refractivity contribution in [3.05, 3.63) is 0 Å². The highest BCUT2D eigenvalue weighted by Crippen LogP contribution is 2.45. The Morgan fingerprint density at radius 1 is 0.293 bits per heavy atom. The molecule has 0 aromatic heterocycles. The van der Waals surface area contributed by atoms with Crippen molar-refractivity contribution in [2.45, 2.75) is 439 Å². The first-order chi connectivity index (χ1) is 47.9. The number of aliphatic hydroxyl groups is 1. The molecule has 0 radical (unpaired) electrons. The number of hydrogen-bond donors (Lipinski definition) is 3. The standard InChI is InChI=1S/C80H156O17P2/c1-7-10-12-14-16-37-46-52-58-64-79(84)96-75(68-90-77(82)62-56-50-42-15-13-11-8-2)70-94-98(86,87)92-66-74(81)67-93-99(88,89)95-71-76(69-91-78(83)63-57-51-45-40-35-31-27-23-19-17-21-25-29-33-38-43-48-54-60-72(4)5)97-80(85)65-59-53-47-41-36-32-28-24-20-18-22-26-30-34-39-44-49-55-61-73(6)9-3/h72-76,81H,7-71H2,1-6H3,(H,86,87)(H,88,89)/t73?,74-,75+,76+/m0/s1. The zero-order valence-corrected chi connectivity index (χ0v) is 66.6. The molecular weight excluding hydrogens is 1290 g/mol. The molecule has 3 N–H and O–H groups in total. The summed E-state index contributed by atoms with van der Waals surface area (Å²) in [5, 5.41) is 10.6. The third-order valence-corrected chi connectivity index (χ3v) is 21.0. The van der Waals surface area contributed by atoms with Crippen molar-refractivity contribution in [1.29, 1.82) is 0 Å². The molecular formula is C80H156O17P2. The lowest BCUT2D eigenvalue weighted by Gasteiger charge is -2.21. The third-order valence-electron chi connectivity index (χ3n) is 19.1. The lowest BCUT2D eigenvalue weighted by atomic mass is 9.99. The summed E-state index contributed by atoms with van der Waals surface area (Å²) in [5.74, 6) is -0.424. The van der Waals surface area contributed by atoms with Gasteiger partial charge in [0.05, 0.1) is 26.4 Å². The van der Waals surface area contributed by atoms with Crippen LogP contribution < -0.4 is 0 Å². The second kappa shape index (κ2) is 71.7. The van der Waals surface area contributed by atoms with E-state index in [2.05, 4.69) is 41.5 Å². The fourth-order valence-electron chi connectivity index (χ4n) is 12.3. The minimum Gasteiger partial charge on any atom is -0.462 e. The summed E-state index contributed by atoms with van der Waals surface area (Å²) in [7, 11) is -9.90. The number of unbranched alkanes of at least 4 members (excludes halogenated alkanes) is 48. The predicted octanol–water partition coefficient (Wildman–Crippen LogP) is 23.9. The molecule has 17 nitrogen and oxygen atoms in total. The first-order valence-corrected chi connectivity index (χ1v) is 44.5. The molecule has 0 amide bonds. The first-order valence-electron chi connectivity index (χ1n) is 41.5. The van der Waals surface area contributed by atoms with Crippen LogP contribution in [0.2, 0.25) is 0 Å². The Hall–Kier alpha value is -1.94. The number of hydrogen-bond acceptors (Lipinski definition) is 15. The topological polar surface area (TPSA) is 237 Å². The van der Waals surface area contributed by atoms with Crippen LogP contribution in [-0.4, -0.2) is 96.7 Å². The summed E-state index contributed by atoms with van der Waals surface area (Å²) < 4.78 is 68.4. The number of carbonyl (C=O) groups excluding carboxylic acids is 4. The average molecular weight is 1450 g/mol. The maximum atomic E-state index is 13.1. The number of carbonyl (C=O) groups is 4. The van der Waals surface area contributed by atoms with Crippen LogP contribution in [0.4, 0.5) is 0 Å². The Morgan fingerprint density at radius 3 is 0.768 bits per heavy atom. The van der Waals surface area contributed by atoms with Crippen LogP contribution in [0.25, 0.3) is 0 Å². The van der Waals surface area contributed by atoms with Gasteiger partial charge >= 0.3 is 39.5 Å². The number of aliphatic hydroxyl groups excluding tert-OH is 1. The van der Waals surface area contributed by atoms with Crippen LogP contribution in [0.5, 0.6) is 0 Å². The summed E-state index contributed by atoms with van der Waals surface area (Å²) in [6, 6.07) is 0. The molecule has 0 rings (SSSR count). The summed E-state index contributed by atoms with van der Waals surface area (Å²) in [4.78, 5) is 72.7. The molecule has 6 atom stereocenters. The average Bonchev–Trinajstić information content (AvgIpc) is 0.951. The van der Waals surface area contributed by atoms with Crippen molar-refractivity contribution in [2.75, 3.05) is 39.6 Å². The highest BCUT2D eigenvalue weighted by atomic mass is 31.2. The lowest BCUT2D eigenvalue weighted by molar-refractivity contribution is -0.161. The van der Waals surface area contributed by atoms with E-state index in [9.17, 15) is 43.2 Å². The number of phosphoric acid groups is 2. The van der Waals surface area contributed by atoms with E-state index in [1.54, 1.807) is 0 Å². The molecule has 3 unspecified atom stereocenters. The highest BCUT2D eigenvalue weighted by molar-refractivity contribution is 7.47. The molecule has 588 valence electrons. The molecule has 0 spiro atoms. The van der Waals surface area contributed by atoms with Gasteiger partial charge in [-0.05, 0) is 37.5 Å². The van der Waals surface area contributed by atoms with Crippen molar-refractivity contribution in [3.8, 4) is 0 Å². The van der Waals surface area contributed by atoms with Gasteiger partial charge < -0.3 is 33.8 Å². The van der Waals surface area contributed by atoms with Gasteiger partial charge in [-0.1, -0.05) is 369 Å². The van der Waals surface area contributed by atoms with Crippen molar-refractivity contribution in [3.63, 3.8) is 0 Å². The second-order valence-electron chi connectivity index (χ2n) is 29.5. The van der Waals surface area contributed by atoms with Crippen LogP contribution in [-0.2, 0) is 65.4 Å². The number of phosphoric ester groups is 2. The minimum absolute atomic E-state index is 0.106. The molecule has 0 aliphatic carbocycles. The van der Waals surface area contributed by atoms with Crippen molar-refractivity contribution in [2.24, 2.45) is 11.8 Å². The quantitative estimate of drug-likeness (QED) is 0.0222. The largest absolute Gasteiger partial charge is 0.472 e. The fraction of sp³-hybridized carbons (Fsp3) is 0.950. The molecule has 0 heterocycles. The third kappa shape index (κ3) is 72.8. The number of esters is 4. The van der Waals surface area contributed by atoms with Gasteiger partial charge in [0.1, 0.15) is 19.3 Å². The van der Waals surface area contributed by atoms with Crippen LogP contribution in [0.15, 0.2) is 0 Å². The lowest BCUT2D eigenvalue weighted by Crippen LogP contribution is -2.30. The maximum absolute atomic E-state index is 13.1. The molecule has 0 aromatic carbocycles. The van der Waals surface area contributed by atoms with Crippen LogP contribution in [0.1, 0.15) is 420 Å². The molecule has 0 saturated heterocycles. The van der Waals surface area contributed by atoms with Gasteiger partial charge in [-0.3, -0.25) is 37.3 Å². The zero-order chi connectivity index (χ0) is 72.8. The molecule has 0 aliphatic rings. The summed E-state index contributed by atoms with van der Waals surface area (Å²) in [6.07, 6.45) is 61.4. The van der Waals surface area contributed by atoms with Crippen molar-refractivity contribution >= 4 is 39.5 Å². The van der Waals surface area contributed by atoms with E-state index in [1.165, 1.54) is 225 Å². The van der Waals surface area contributed by atoms with E-state index >= 15 is 0 Å².